The second-order valence-corrected chi connectivity index (χ2v) is 9.24. The van der Waals surface area contributed by atoms with Gasteiger partial charge in [0.25, 0.3) is 18.5 Å². The van der Waals surface area contributed by atoms with Crippen molar-refractivity contribution in [3.05, 3.63) is 86.2 Å². The average Bonchev–Trinajstić information content (AvgIpc) is 3.36. The molecule has 3 aromatic rings. The second-order valence-electron chi connectivity index (χ2n) is 7.45. The Balaban J connectivity index is 1.64. The SMILES string of the molecule is [C-]#[N+]CNC(=O)c1cc(OCc2ccccc2)c2nc(NC(=O)C3=C(Cl)C(Cl)=C(C)C3)sc2c1. The number of fused-ring (bicyclic) bond motifs is 1. The van der Waals surface area contributed by atoms with Crippen LogP contribution in [0, 0.1) is 6.57 Å². The van der Waals surface area contributed by atoms with Gasteiger partial charge in [-0.05, 0) is 30.2 Å². The summed E-state index contributed by atoms with van der Waals surface area (Å²) in [4.78, 5) is 33.0. The van der Waals surface area contributed by atoms with Crippen molar-refractivity contribution in [2.75, 3.05) is 12.0 Å². The largest absolute Gasteiger partial charge is 0.487 e. The third-order valence-corrected chi connectivity index (χ3v) is 6.99. The summed E-state index contributed by atoms with van der Waals surface area (Å²) in [5.74, 6) is -0.397. The zero-order chi connectivity index (χ0) is 24.2. The minimum atomic E-state index is -0.402. The molecule has 1 aliphatic carbocycles. The molecule has 2 amide bonds. The molecule has 0 saturated heterocycles. The van der Waals surface area contributed by atoms with Gasteiger partial charge in [-0.3, -0.25) is 25.1 Å². The Kier molecular flexibility index (Phi) is 7.17. The first-order chi connectivity index (χ1) is 16.4. The fourth-order valence-electron chi connectivity index (χ4n) is 3.33. The van der Waals surface area contributed by atoms with Gasteiger partial charge in [-0.2, -0.15) is 0 Å². The number of hydrogen-bond donors (Lipinski definition) is 2. The number of hydrogen-bond acceptors (Lipinski definition) is 5. The summed E-state index contributed by atoms with van der Waals surface area (Å²) in [7, 11) is 0. The van der Waals surface area contributed by atoms with Crippen LogP contribution >= 0.6 is 34.5 Å². The predicted molar refractivity (Wildman–Crippen MR) is 134 cm³/mol. The minimum Gasteiger partial charge on any atom is -0.487 e. The zero-order valence-electron chi connectivity index (χ0n) is 17.9. The van der Waals surface area contributed by atoms with Gasteiger partial charge in [-0.25, -0.2) is 11.6 Å². The highest BCUT2D eigenvalue weighted by Crippen LogP contribution is 2.39. The van der Waals surface area contributed by atoms with Crippen LogP contribution in [0.15, 0.2) is 63.7 Å². The Morgan fingerprint density at radius 2 is 1.94 bits per heavy atom. The molecule has 0 aliphatic heterocycles. The van der Waals surface area contributed by atoms with E-state index < -0.39 is 5.91 Å². The Morgan fingerprint density at radius 1 is 1.18 bits per heavy atom. The van der Waals surface area contributed by atoms with Crippen LogP contribution in [-0.2, 0) is 11.4 Å². The number of halogens is 2. The van der Waals surface area contributed by atoms with E-state index in [9.17, 15) is 9.59 Å². The second kappa shape index (κ2) is 10.3. The van der Waals surface area contributed by atoms with Crippen molar-refractivity contribution in [2.24, 2.45) is 0 Å². The number of carbonyl (C=O) groups excluding carboxylic acids is 2. The van der Waals surface area contributed by atoms with E-state index in [0.29, 0.717) is 43.7 Å². The standard InChI is InChI=1S/C24H18Cl2N4O3S/c1-13-8-16(20(26)19(13)25)23(32)30-24-29-21-17(33-11-14-6-4-3-5-7-14)9-15(10-18(21)34-24)22(31)28-12-27-2/h3-7,9-10H,8,11-12H2,1H3,(H,28,31)(H,29,30,32). The van der Waals surface area contributed by atoms with E-state index in [-0.39, 0.29) is 24.2 Å². The molecule has 2 aromatic carbocycles. The van der Waals surface area contributed by atoms with Crippen molar-refractivity contribution < 1.29 is 14.3 Å². The average molecular weight is 513 g/mol. The summed E-state index contributed by atoms with van der Waals surface area (Å²) in [6, 6.07) is 12.8. The van der Waals surface area contributed by atoms with Crippen LogP contribution in [0.2, 0.25) is 0 Å². The molecule has 1 aliphatic rings. The number of nitrogens with one attached hydrogen (secondary N) is 2. The highest BCUT2D eigenvalue weighted by Gasteiger charge is 2.25. The quantitative estimate of drug-likeness (QED) is 0.390. The first-order valence-electron chi connectivity index (χ1n) is 10.2. The lowest BCUT2D eigenvalue weighted by Gasteiger charge is -2.09. The fourth-order valence-corrected chi connectivity index (χ4v) is 4.75. The van der Waals surface area contributed by atoms with Gasteiger partial charge >= 0.3 is 0 Å². The van der Waals surface area contributed by atoms with Crippen LogP contribution < -0.4 is 15.4 Å². The van der Waals surface area contributed by atoms with Gasteiger partial charge in [-0.1, -0.05) is 64.9 Å². The topological polar surface area (TPSA) is 84.7 Å². The predicted octanol–water partition coefficient (Wildman–Crippen LogP) is 5.83. The van der Waals surface area contributed by atoms with Gasteiger partial charge in [0.15, 0.2) is 5.13 Å². The van der Waals surface area contributed by atoms with Crippen LogP contribution in [0.3, 0.4) is 0 Å². The van der Waals surface area contributed by atoms with Crippen LogP contribution in [-0.4, -0.2) is 23.5 Å². The summed E-state index contributed by atoms with van der Waals surface area (Å²) in [5.41, 5.74) is 2.99. The summed E-state index contributed by atoms with van der Waals surface area (Å²) < 4.78 is 6.65. The molecule has 7 nitrogen and oxygen atoms in total. The normalized spacial score (nSPS) is 13.2. The summed E-state index contributed by atoms with van der Waals surface area (Å²) in [6.07, 6.45) is 0.366. The molecule has 0 saturated carbocycles. The van der Waals surface area contributed by atoms with Gasteiger partial charge in [0.1, 0.15) is 17.9 Å². The third-order valence-electron chi connectivity index (χ3n) is 5.05. The molecule has 1 aromatic heterocycles. The van der Waals surface area contributed by atoms with E-state index in [1.165, 1.54) is 11.3 Å². The number of rotatable bonds is 7. The molecule has 1 heterocycles. The van der Waals surface area contributed by atoms with Crippen molar-refractivity contribution >= 4 is 61.7 Å². The van der Waals surface area contributed by atoms with Crippen molar-refractivity contribution in [3.63, 3.8) is 0 Å². The third kappa shape index (κ3) is 5.07. The molecular weight excluding hydrogens is 495 g/mol. The number of carbonyl (C=O) groups is 2. The first-order valence-corrected chi connectivity index (χ1v) is 11.7. The van der Waals surface area contributed by atoms with E-state index in [1.54, 1.807) is 12.1 Å². The Morgan fingerprint density at radius 3 is 2.62 bits per heavy atom. The molecule has 10 heteroatoms. The molecule has 2 N–H and O–H groups in total. The number of thiazole rings is 1. The van der Waals surface area contributed by atoms with Crippen molar-refractivity contribution in [3.8, 4) is 5.75 Å². The molecule has 0 radical (unpaired) electrons. The number of benzene rings is 2. The lowest BCUT2D eigenvalue weighted by atomic mass is 10.1. The monoisotopic (exact) mass is 512 g/mol. The maximum absolute atomic E-state index is 12.8. The summed E-state index contributed by atoms with van der Waals surface area (Å²) in [5, 5.41) is 6.27. The van der Waals surface area contributed by atoms with Crippen LogP contribution in [0.1, 0.15) is 29.3 Å². The van der Waals surface area contributed by atoms with E-state index in [1.807, 2.05) is 37.3 Å². The van der Waals surface area contributed by atoms with Crippen LogP contribution in [0.5, 0.6) is 5.75 Å². The smallest absolute Gasteiger partial charge is 0.289 e. The summed E-state index contributed by atoms with van der Waals surface area (Å²) in [6.45, 7) is 8.84. The van der Waals surface area contributed by atoms with Crippen LogP contribution in [0.4, 0.5) is 5.13 Å². The van der Waals surface area contributed by atoms with Gasteiger partial charge in [-0.15, -0.1) is 0 Å². The molecule has 34 heavy (non-hydrogen) atoms. The first kappa shape index (κ1) is 23.8. The molecule has 0 unspecified atom stereocenters. The maximum Gasteiger partial charge on any atom is 0.289 e. The molecule has 0 atom stereocenters. The minimum absolute atomic E-state index is 0.132. The number of amides is 2. The van der Waals surface area contributed by atoms with Crippen LogP contribution in [0.25, 0.3) is 15.1 Å². The van der Waals surface area contributed by atoms with Crippen molar-refractivity contribution in [1.82, 2.24) is 10.3 Å². The lowest BCUT2D eigenvalue weighted by molar-refractivity contribution is -0.112. The highest BCUT2D eigenvalue weighted by atomic mass is 35.5. The van der Waals surface area contributed by atoms with Gasteiger partial charge in [0, 0.05) is 17.6 Å². The number of aromatic nitrogens is 1. The van der Waals surface area contributed by atoms with Crippen molar-refractivity contribution in [2.45, 2.75) is 20.0 Å². The fraction of sp³-hybridized carbons (Fsp3) is 0.167. The molecular formula is C24H18Cl2N4O3S. The van der Waals surface area contributed by atoms with Gasteiger partial charge in [0.05, 0.1) is 14.8 Å². The molecule has 0 spiro atoms. The van der Waals surface area contributed by atoms with Crippen molar-refractivity contribution in [1.29, 1.82) is 0 Å². The maximum atomic E-state index is 12.8. The Bertz CT molecular complexity index is 1390. The molecule has 0 fully saturated rings. The Hall–Kier alpha value is -3.38. The molecule has 172 valence electrons. The zero-order valence-corrected chi connectivity index (χ0v) is 20.3. The van der Waals surface area contributed by atoms with E-state index in [2.05, 4.69) is 20.5 Å². The summed E-state index contributed by atoms with van der Waals surface area (Å²) >= 11 is 13.5. The van der Waals surface area contributed by atoms with E-state index in [0.717, 1.165) is 11.1 Å². The Labute approximate surface area is 209 Å². The highest BCUT2D eigenvalue weighted by molar-refractivity contribution is 7.22. The molecule has 0 bridgehead atoms. The number of nitrogens with zero attached hydrogens (tertiary/aromatic N) is 2. The number of ether oxygens (including phenoxy) is 1. The van der Waals surface area contributed by atoms with Gasteiger partial charge < -0.3 is 4.74 Å². The number of anilines is 1. The molecule has 4 rings (SSSR count). The van der Waals surface area contributed by atoms with E-state index >= 15 is 0 Å². The number of allylic oxidation sites excluding steroid dienone is 3. The van der Waals surface area contributed by atoms with E-state index in [4.69, 9.17) is 34.5 Å². The van der Waals surface area contributed by atoms with Gasteiger partial charge in [0.2, 0.25) is 0 Å². The lowest BCUT2D eigenvalue weighted by Crippen LogP contribution is -2.22.